The van der Waals surface area contributed by atoms with Crippen molar-refractivity contribution in [3.63, 3.8) is 0 Å². The van der Waals surface area contributed by atoms with Gasteiger partial charge in [-0.3, -0.25) is 4.79 Å². The van der Waals surface area contributed by atoms with Crippen LogP contribution in [0.3, 0.4) is 0 Å². The van der Waals surface area contributed by atoms with Gasteiger partial charge in [0.2, 0.25) is 10.1 Å². The number of nitrogens with zero attached hydrogens (tertiary/aromatic N) is 4. The Balaban J connectivity index is 1.84. The van der Waals surface area contributed by atoms with Gasteiger partial charge in [0.05, 0.1) is 0 Å². The average Bonchev–Trinajstić information content (AvgIpc) is 2.98. The van der Waals surface area contributed by atoms with Crippen molar-refractivity contribution in [3.8, 4) is 0 Å². The van der Waals surface area contributed by atoms with Crippen molar-refractivity contribution >= 4 is 21.4 Å². The fourth-order valence-electron chi connectivity index (χ4n) is 2.19. The van der Waals surface area contributed by atoms with Crippen LogP contribution in [-0.2, 0) is 6.42 Å². The van der Waals surface area contributed by atoms with E-state index in [4.69, 9.17) is 0 Å². The second-order valence-corrected chi connectivity index (χ2v) is 5.77. The Labute approximate surface area is 132 Å². The molecule has 3 rings (SSSR count). The summed E-state index contributed by atoms with van der Waals surface area (Å²) in [6.45, 7) is 5.30. The third kappa shape index (κ3) is 3.07. The van der Waals surface area contributed by atoms with Gasteiger partial charge in [0.25, 0.3) is 5.56 Å². The van der Waals surface area contributed by atoms with Crippen molar-refractivity contribution in [1.82, 2.24) is 14.6 Å². The number of fused-ring (bicyclic) bond motifs is 1. The van der Waals surface area contributed by atoms with Gasteiger partial charge in [0.15, 0.2) is 0 Å². The Hall–Kier alpha value is -2.47. The van der Waals surface area contributed by atoms with E-state index in [0.29, 0.717) is 11.5 Å². The number of rotatable bonds is 6. The average molecular weight is 312 g/mol. The Morgan fingerprint density at radius 1 is 1.27 bits per heavy atom. The van der Waals surface area contributed by atoms with Crippen LogP contribution >= 0.6 is 11.3 Å². The summed E-state index contributed by atoms with van der Waals surface area (Å²) in [6.07, 6.45) is 4.27. The van der Waals surface area contributed by atoms with E-state index in [1.807, 2.05) is 24.3 Å². The molecule has 22 heavy (non-hydrogen) atoms. The molecule has 0 aliphatic rings. The quantitative estimate of drug-likeness (QED) is 0.656. The lowest BCUT2D eigenvalue weighted by Gasteiger charge is -2.19. The molecule has 0 N–H and O–H groups in total. The summed E-state index contributed by atoms with van der Waals surface area (Å²) in [4.78, 5) is 18.7. The molecule has 3 aromatic rings. The topological polar surface area (TPSA) is 50.5 Å². The molecule has 0 fully saturated rings. The van der Waals surface area contributed by atoms with Crippen LogP contribution in [0.1, 0.15) is 5.56 Å². The van der Waals surface area contributed by atoms with Gasteiger partial charge < -0.3 is 4.90 Å². The Kier molecular flexibility index (Phi) is 4.29. The molecule has 5 nitrogen and oxygen atoms in total. The predicted molar refractivity (Wildman–Crippen MR) is 89.7 cm³/mol. The second kappa shape index (κ2) is 6.53. The van der Waals surface area contributed by atoms with E-state index in [9.17, 15) is 4.79 Å². The van der Waals surface area contributed by atoms with Gasteiger partial charge in [0, 0.05) is 25.4 Å². The van der Waals surface area contributed by atoms with Gasteiger partial charge >= 0.3 is 0 Å². The molecule has 6 heteroatoms. The van der Waals surface area contributed by atoms with E-state index in [1.54, 1.807) is 0 Å². The molecule has 1 aromatic carbocycles. The van der Waals surface area contributed by atoms with Crippen molar-refractivity contribution in [2.45, 2.75) is 6.42 Å². The molecule has 2 aromatic heterocycles. The lowest BCUT2D eigenvalue weighted by molar-refractivity contribution is 0.801. The van der Waals surface area contributed by atoms with Gasteiger partial charge in [-0.15, -0.1) is 11.7 Å². The SMILES string of the molecule is C=CCN(CCc1ccccc1)c1nn2c(=O)ccnc2s1. The molecule has 0 saturated heterocycles. The summed E-state index contributed by atoms with van der Waals surface area (Å²) in [5, 5.41) is 5.17. The molecule has 2 heterocycles. The molecule has 0 unspecified atom stereocenters. The third-order valence-electron chi connectivity index (χ3n) is 3.29. The van der Waals surface area contributed by atoms with E-state index in [1.165, 1.54) is 33.7 Å². The maximum atomic E-state index is 11.8. The molecule has 0 atom stereocenters. The minimum Gasteiger partial charge on any atom is -0.343 e. The number of benzene rings is 1. The van der Waals surface area contributed by atoms with Gasteiger partial charge in [-0.2, -0.15) is 4.52 Å². The van der Waals surface area contributed by atoms with Crippen LogP contribution in [0.2, 0.25) is 0 Å². The number of aromatic nitrogens is 3. The van der Waals surface area contributed by atoms with E-state index in [2.05, 4.69) is 33.7 Å². The maximum Gasteiger partial charge on any atom is 0.275 e. The van der Waals surface area contributed by atoms with Gasteiger partial charge in [-0.05, 0) is 12.0 Å². The summed E-state index contributed by atoms with van der Waals surface area (Å²) in [7, 11) is 0. The molecule has 0 bridgehead atoms. The largest absolute Gasteiger partial charge is 0.343 e. The normalized spacial score (nSPS) is 10.7. The van der Waals surface area contributed by atoms with Crippen molar-refractivity contribution in [1.29, 1.82) is 0 Å². The number of hydrogen-bond acceptors (Lipinski definition) is 5. The van der Waals surface area contributed by atoms with Crippen LogP contribution in [0.15, 0.2) is 60.0 Å². The fraction of sp³-hybridized carbons (Fsp3) is 0.188. The first-order valence-corrected chi connectivity index (χ1v) is 7.84. The van der Waals surface area contributed by atoms with Gasteiger partial charge in [0.1, 0.15) is 0 Å². The lowest BCUT2D eigenvalue weighted by Crippen LogP contribution is -2.26. The Morgan fingerprint density at radius 3 is 2.82 bits per heavy atom. The highest BCUT2D eigenvalue weighted by Crippen LogP contribution is 2.21. The zero-order valence-electron chi connectivity index (χ0n) is 12.1. The van der Waals surface area contributed by atoms with E-state index in [-0.39, 0.29) is 5.56 Å². The number of hydrogen-bond donors (Lipinski definition) is 0. The monoisotopic (exact) mass is 312 g/mol. The second-order valence-electron chi connectivity index (χ2n) is 4.83. The fourth-order valence-corrected chi connectivity index (χ4v) is 3.10. The highest BCUT2D eigenvalue weighted by molar-refractivity contribution is 7.20. The van der Waals surface area contributed by atoms with Gasteiger partial charge in [-0.1, -0.05) is 47.7 Å². The van der Waals surface area contributed by atoms with Crippen molar-refractivity contribution in [2.75, 3.05) is 18.0 Å². The standard InChI is InChI=1S/C16H16N4OS/c1-2-11-19(12-9-13-6-4-3-5-7-13)16-18-20-14(21)8-10-17-15(20)22-16/h2-8,10H,1,9,11-12H2. The number of anilines is 1. The highest BCUT2D eigenvalue weighted by atomic mass is 32.1. The zero-order valence-corrected chi connectivity index (χ0v) is 12.9. The molecule has 0 amide bonds. The van der Waals surface area contributed by atoms with E-state index < -0.39 is 0 Å². The van der Waals surface area contributed by atoms with Crippen molar-refractivity contribution in [2.24, 2.45) is 0 Å². The summed E-state index contributed by atoms with van der Waals surface area (Å²) in [6, 6.07) is 11.7. The van der Waals surface area contributed by atoms with Crippen molar-refractivity contribution in [3.05, 3.63) is 71.2 Å². The Bertz CT molecular complexity index is 825. The van der Waals surface area contributed by atoms with E-state index in [0.717, 1.165) is 18.1 Å². The first-order valence-electron chi connectivity index (χ1n) is 7.02. The first-order chi connectivity index (χ1) is 10.8. The minimum atomic E-state index is -0.158. The Morgan fingerprint density at radius 2 is 2.09 bits per heavy atom. The van der Waals surface area contributed by atoms with Crippen LogP contribution in [0.5, 0.6) is 0 Å². The molecule has 0 radical (unpaired) electrons. The van der Waals surface area contributed by atoms with Crippen molar-refractivity contribution < 1.29 is 0 Å². The lowest BCUT2D eigenvalue weighted by atomic mass is 10.1. The van der Waals surface area contributed by atoms with Crippen LogP contribution in [0.4, 0.5) is 5.13 Å². The summed E-state index contributed by atoms with van der Waals surface area (Å²) in [5.41, 5.74) is 1.11. The molecule has 0 aliphatic heterocycles. The van der Waals surface area contributed by atoms with Crippen LogP contribution < -0.4 is 10.5 Å². The predicted octanol–water partition coefficient (Wildman–Crippen LogP) is 2.39. The zero-order chi connectivity index (χ0) is 15.4. The molecular formula is C16H16N4OS. The van der Waals surface area contributed by atoms with E-state index >= 15 is 0 Å². The highest BCUT2D eigenvalue weighted by Gasteiger charge is 2.12. The molecule has 112 valence electrons. The van der Waals surface area contributed by atoms with Crippen LogP contribution in [0.25, 0.3) is 4.96 Å². The molecular weight excluding hydrogens is 296 g/mol. The smallest absolute Gasteiger partial charge is 0.275 e. The first kappa shape index (κ1) is 14.5. The van der Waals surface area contributed by atoms with Gasteiger partial charge in [-0.25, -0.2) is 4.98 Å². The molecule has 0 spiro atoms. The minimum absolute atomic E-state index is 0.158. The third-order valence-corrected chi connectivity index (χ3v) is 4.28. The summed E-state index contributed by atoms with van der Waals surface area (Å²) < 4.78 is 1.35. The molecule has 0 saturated carbocycles. The van der Waals surface area contributed by atoms with Crippen LogP contribution in [-0.4, -0.2) is 27.7 Å². The maximum absolute atomic E-state index is 11.8. The van der Waals surface area contributed by atoms with Crippen LogP contribution in [0, 0.1) is 0 Å². The summed E-state index contributed by atoms with van der Waals surface area (Å²) >= 11 is 1.41. The summed E-state index contributed by atoms with van der Waals surface area (Å²) in [5.74, 6) is 0. The molecule has 0 aliphatic carbocycles.